The van der Waals surface area contributed by atoms with Gasteiger partial charge in [0.15, 0.2) is 6.49 Å². The standard InChI is InChI=1S/CHB12O2/c2-4-5-6-7-8-9-10-11-12-13(3)1(14)15/h(H,14,15). The number of rotatable bonds is 10. The quantitative estimate of drug-likeness (QED) is 0.269. The Balaban J connectivity index is 3.08. The van der Waals surface area contributed by atoms with Gasteiger partial charge in [-0.15, -0.1) is 0 Å². The molecule has 0 amide bonds. The third-order valence-electron chi connectivity index (χ3n) is 1.38. The van der Waals surface area contributed by atoms with E-state index in [0.717, 1.165) is 0 Å². The molecule has 0 spiro atoms. The van der Waals surface area contributed by atoms with E-state index < -0.39 is 12.4 Å². The average molecular weight is 175 g/mol. The minimum Gasteiger partial charge on any atom is -0.490 e. The van der Waals surface area contributed by atoms with Crippen LogP contribution in [0.2, 0.25) is 0 Å². The molecule has 0 heterocycles. The summed E-state index contributed by atoms with van der Waals surface area (Å²) in [4.78, 5) is 10.3. The van der Waals surface area contributed by atoms with E-state index in [0.29, 0.717) is 0 Å². The first kappa shape index (κ1) is 15.2. The molecule has 0 aliphatic heterocycles. The van der Waals surface area contributed by atoms with Gasteiger partial charge in [0.2, 0.25) is 5.87 Å². The third kappa shape index (κ3) is 10.5. The first-order valence-corrected chi connectivity index (χ1v) is 4.38. The molecule has 0 aromatic carbocycles. The maximum Gasteiger partial charge on any atom is 0.229 e. The summed E-state index contributed by atoms with van der Waals surface area (Å²) in [5, 5.41) is 8.44. The summed E-state index contributed by atoms with van der Waals surface area (Å²) < 4.78 is 0. The van der Waals surface area contributed by atoms with Gasteiger partial charge in [0.25, 0.3) is 0 Å². The summed E-state index contributed by atoms with van der Waals surface area (Å²) in [6.07, 6.45) is 0. The van der Waals surface area contributed by atoms with Crippen LogP contribution in [0.5, 0.6) is 0 Å². The molecule has 0 saturated heterocycles. The molecule has 0 fully saturated rings. The van der Waals surface area contributed by atoms with E-state index in [1.807, 2.05) is 0 Å². The van der Waals surface area contributed by atoms with Crippen LogP contribution in [0, 0.1) is 0 Å². The van der Waals surface area contributed by atoms with Crippen molar-refractivity contribution < 1.29 is 9.90 Å². The van der Waals surface area contributed by atoms with Crippen LogP contribution < -0.4 is 0 Å². The zero-order chi connectivity index (χ0) is 11.5. The van der Waals surface area contributed by atoms with Gasteiger partial charge in [0, 0.05) is 79.0 Å². The Morgan fingerprint density at radius 3 is 1.93 bits per heavy atom. The van der Waals surface area contributed by atoms with Crippen molar-refractivity contribution in [3.63, 3.8) is 0 Å². The van der Waals surface area contributed by atoms with Crippen molar-refractivity contribution in [3.8, 4) is 0 Å². The Kier molecular flexibility index (Phi) is 10.9. The third-order valence-corrected chi connectivity index (χ3v) is 1.38. The van der Waals surface area contributed by atoms with Crippen molar-refractivity contribution in [3.05, 3.63) is 0 Å². The highest BCUT2D eigenvalue weighted by molar-refractivity contribution is 7.73. The SMILES string of the molecule is [B][B][B][B][B][B][B][B][B][B]B([B])C(=O)O. The number of carbonyl (C=O) groups is 1. The van der Waals surface area contributed by atoms with E-state index in [-0.39, 0.29) is 0 Å². The summed E-state index contributed by atoms with van der Waals surface area (Å²) >= 11 is 0. The van der Waals surface area contributed by atoms with Crippen LogP contribution in [-0.2, 0) is 0 Å². The maximum absolute atomic E-state index is 10.3. The van der Waals surface area contributed by atoms with Gasteiger partial charge in [-0.3, -0.25) is 4.79 Å². The molecule has 0 aliphatic rings. The lowest BCUT2D eigenvalue weighted by atomic mass is 8.85. The Labute approximate surface area is 102 Å². The first-order valence-electron chi connectivity index (χ1n) is 4.38. The van der Waals surface area contributed by atoms with Crippen LogP contribution in [0.4, 0.5) is 4.79 Å². The average Bonchev–Trinajstić information content (AvgIpc) is 2.21. The molecule has 15 heavy (non-hydrogen) atoms. The van der Waals surface area contributed by atoms with E-state index in [4.69, 9.17) is 20.6 Å². The van der Waals surface area contributed by atoms with Crippen LogP contribution in [0.25, 0.3) is 0 Å². The van der Waals surface area contributed by atoms with E-state index in [1.54, 1.807) is 49.4 Å². The smallest absolute Gasteiger partial charge is 0.229 e. The number of hydrogen-bond acceptors (Lipinski definition) is 1. The summed E-state index contributed by atoms with van der Waals surface area (Å²) in [6, 6.07) is 0. The monoisotopic (exact) mass is 177 g/mol. The molecule has 0 bridgehead atoms. The van der Waals surface area contributed by atoms with Gasteiger partial charge in [-0.05, 0) is 0 Å². The molecule has 0 aromatic rings. The fourth-order valence-corrected chi connectivity index (χ4v) is 0.651. The van der Waals surface area contributed by atoms with Gasteiger partial charge in [0.1, 0.15) is 0 Å². The molecule has 0 rings (SSSR count). The molecule has 0 atom stereocenters. The molecule has 0 aromatic heterocycles. The van der Waals surface area contributed by atoms with Crippen molar-refractivity contribution in [2.75, 3.05) is 0 Å². The number of hydrogen-bond donors (Lipinski definition) is 1. The second-order valence-electron chi connectivity index (χ2n) is 2.60. The van der Waals surface area contributed by atoms with Crippen LogP contribution in [0.15, 0.2) is 0 Å². The second-order valence-corrected chi connectivity index (χ2v) is 2.60. The molecule has 0 unspecified atom stereocenters. The van der Waals surface area contributed by atoms with E-state index in [2.05, 4.69) is 0 Å². The lowest BCUT2D eigenvalue weighted by Crippen LogP contribution is -2.40. The molecule has 2 nitrogen and oxygen atoms in total. The molecular weight excluding hydrogens is 174 g/mol. The normalized spacial score (nSPS) is 7.73. The molecule has 0 aliphatic carbocycles. The summed E-state index contributed by atoms with van der Waals surface area (Å²) in [6.45, 7) is -0.953. The van der Waals surface area contributed by atoms with Gasteiger partial charge in [-0.25, -0.2) is 0 Å². The Bertz CT molecular complexity index is 160. The minimum atomic E-state index is -1.04. The molecule has 14 heteroatoms. The van der Waals surface area contributed by atoms with Crippen molar-refractivity contribution in [1.29, 1.82) is 0 Å². The summed E-state index contributed by atoms with van der Waals surface area (Å²) in [5.41, 5.74) is 0. The molecular formula is CHB12O2. The van der Waals surface area contributed by atoms with Crippen molar-refractivity contribution in [1.82, 2.24) is 0 Å². The molecule has 1 N–H and O–H groups in total. The minimum absolute atomic E-state index is 0.953. The predicted octanol–water partition coefficient (Wildman–Crippen LogP) is -4.36. The zero-order valence-electron chi connectivity index (χ0n) is 8.28. The van der Waals surface area contributed by atoms with Crippen LogP contribution in [0.1, 0.15) is 0 Å². The molecule has 0 saturated carbocycles. The van der Waals surface area contributed by atoms with Crippen molar-refractivity contribution in [2.45, 2.75) is 0 Å². The summed E-state index contributed by atoms with van der Waals surface area (Å²) in [7, 11) is 25.3. The zero-order valence-corrected chi connectivity index (χ0v) is 8.28. The highest BCUT2D eigenvalue weighted by atomic mass is 16.4. The van der Waals surface area contributed by atoms with Gasteiger partial charge >= 0.3 is 0 Å². The summed E-state index contributed by atoms with van der Waals surface area (Å²) in [5.74, 6) is -1.04. The lowest BCUT2D eigenvalue weighted by molar-refractivity contribution is 0.220. The lowest BCUT2D eigenvalue weighted by Gasteiger charge is -2.00. The van der Waals surface area contributed by atoms with Gasteiger partial charge in [0.05, 0.1) is 0 Å². The van der Waals surface area contributed by atoms with Crippen molar-refractivity contribution >= 4 is 91.4 Å². The van der Waals surface area contributed by atoms with E-state index in [1.165, 1.54) is 14.1 Å². The van der Waals surface area contributed by atoms with E-state index in [9.17, 15) is 4.79 Å². The van der Waals surface area contributed by atoms with Gasteiger partial charge < -0.3 is 5.11 Å². The van der Waals surface area contributed by atoms with Gasteiger partial charge in [-0.2, -0.15) is 0 Å². The highest BCUT2D eigenvalue weighted by Gasteiger charge is 2.14. The van der Waals surface area contributed by atoms with Crippen LogP contribution in [-0.4, -0.2) is 96.5 Å². The van der Waals surface area contributed by atoms with Gasteiger partial charge in [-0.1, -0.05) is 0 Å². The van der Waals surface area contributed by atoms with E-state index >= 15 is 0 Å². The highest BCUT2D eigenvalue weighted by Crippen LogP contribution is 1.73. The Hall–Kier alpha value is 0.249. The van der Waals surface area contributed by atoms with Crippen LogP contribution >= 0.6 is 0 Å². The van der Waals surface area contributed by atoms with Crippen molar-refractivity contribution in [2.24, 2.45) is 0 Å². The fourth-order valence-electron chi connectivity index (χ4n) is 0.651. The fraction of sp³-hybridized carbons (Fsp3) is 0. The first-order chi connectivity index (χ1) is 7.18. The molecule has 13 radical (unpaired) electrons. The van der Waals surface area contributed by atoms with Crippen LogP contribution in [0.3, 0.4) is 0 Å². The number of carboxylic acid groups (broad SMARTS) is 1. The Morgan fingerprint density at radius 1 is 1.00 bits per heavy atom. The second kappa shape index (κ2) is 10.8. The maximum atomic E-state index is 10.3. The Morgan fingerprint density at radius 2 is 1.47 bits per heavy atom. The largest absolute Gasteiger partial charge is 0.490 e. The molecule has 53 valence electrons. The topological polar surface area (TPSA) is 37.3 Å². The predicted molar refractivity (Wildman–Crippen MR) is 77.1 cm³/mol.